The van der Waals surface area contributed by atoms with E-state index in [4.69, 9.17) is 5.73 Å². The Kier molecular flexibility index (Phi) is 4.16. The van der Waals surface area contributed by atoms with Crippen LogP contribution in [0, 0.1) is 0 Å². The van der Waals surface area contributed by atoms with E-state index in [1.54, 1.807) is 12.4 Å². The average Bonchev–Trinajstić information content (AvgIpc) is 2.18. The summed E-state index contributed by atoms with van der Waals surface area (Å²) in [7, 11) is 2.01. The number of rotatable bonds is 5. The molecule has 4 heteroatoms. The third-order valence-electron chi connectivity index (χ3n) is 2.13. The molecule has 4 nitrogen and oxygen atoms in total. The molecular formula is C10H18N4. The van der Waals surface area contributed by atoms with Crippen LogP contribution in [0.25, 0.3) is 0 Å². The molecule has 0 amide bonds. The molecule has 0 bridgehead atoms. The zero-order chi connectivity index (χ0) is 10.4. The second-order valence-electron chi connectivity index (χ2n) is 3.43. The van der Waals surface area contributed by atoms with Crippen LogP contribution >= 0.6 is 0 Å². The zero-order valence-electron chi connectivity index (χ0n) is 8.90. The molecule has 0 unspecified atom stereocenters. The van der Waals surface area contributed by atoms with Crippen LogP contribution in [-0.4, -0.2) is 23.6 Å². The van der Waals surface area contributed by atoms with Crippen molar-refractivity contribution in [3.63, 3.8) is 0 Å². The number of aromatic nitrogens is 2. The van der Waals surface area contributed by atoms with Gasteiger partial charge in [-0.25, -0.2) is 4.98 Å². The third-order valence-corrected chi connectivity index (χ3v) is 2.13. The normalized spacial score (nSPS) is 10.1. The van der Waals surface area contributed by atoms with Gasteiger partial charge in [0.1, 0.15) is 11.6 Å². The van der Waals surface area contributed by atoms with Crippen molar-refractivity contribution in [2.24, 2.45) is 0 Å². The first-order chi connectivity index (χ1) is 6.74. The van der Waals surface area contributed by atoms with Crippen LogP contribution in [0.15, 0.2) is 12.4 Å². The molecule has 0 saturated heterocycles. The van der Waals surface area contributed by atoms with Gasteiger partial charge in [-0.1, -0.05) is 19.8 Å². The quantitative estimate of drug-likeness (QED) is 0.725. The molecule has 0 aromatic carbocycles. The summed E-state index contributed by atoms with van der Waals surface area (Å²) in [5.74, 6) is 1.32. The average molecular weight is 194 g/mol. The topological polar surface area (TPSA) is 55.0 Å². The molecule has 2 N–H and O–H groups in total. The Morgan fingerprint density at radius 3 is 2.79 bits per heavy atom. The number of hydrogen-bond donors (Lipinski definition) is 1. The van der Waals surface area contributed by atoms with Crippen LogP contribution in [0.5, 0.6) is 0 Å². The van der Waals surface area contributed by atoms with Crippen LogP contribution in [0.2, 0.25) is 0 Å². The van der Waals surface area contributed by atoms with Gasteiger partial charge in [-0.05, 0) is 6.42 Å². The molecule has 1 rings (SSSR count). The van der Waals surface area contributed by atoms with E-state index in [-0.39, 0.29) is 0 Å². The standard InChI is InChI=1S/C10H18N4/c1-3-4-5-6-14(2)10-8-12-7-9(11)13-10/h7-8H,3-6H2,1-2H3,(H2,11,13). The number of nitrogens with zero attached hydrogens (tertiary/aromatic N) is 3. The van der Waals surface area contributed by atoms with Crippen LogP contribution in [-0.2, 0) is 0 Å². The highest BCUT2D eigenvalue weighted by molar-refractivity contribution is 5.40. The smallest absolute Gasteiger partial charge is 0.149 e. The maximum Gasteiger partial charge on any atom is 0.149 e. The van der Waals surface area contributed by atoms with E-state index in [0.717, 1.165) is 12.4 Å². The zero-order valence-corrected chi connectivity index (χ0v) is 8.90. The molecule has 1 heterocycles. The molecular weight excluding hydrogens is 176 g/mol. The first-order valence-electron chi connectivity index (χ1n) is 5.02. The molecule has 1 aromatic heterocycles. The van der Waals surface area contributed by atoms with Gasteiger partial charge in [-0.3, -0.25) is 4.98 Å². The van der Waals surface area contributed by atoms with Gasteiger partial charge in [-0.15, -0.1) is 0 Å². The van der Waals surface area contributed by atoms with E-state index < -0.39 is 0 Å². The molecule has 0 fully saturated rings. The van der Waals surface area contributed by atoms with E-state index in [1.165, 1.54) is 19.3 Å². The second kappa shape index (κ2) is 5.42. The number of unbranched alkanes of at least 4 members (excludes halogenated alkanes) is 2. The first-order valence-corrected chi connectivity index (χ1v) is 5.02. The van der Waals surface area contributed by atoms with Crippen molar-refractivity contribution < 1.29 is 0 Å². The van der Waals surface area contributed by atoms with Crippen LogP contribution in [0.1, 0.15) is 26.2 Å². The molecule has 0 saturated carbocycles. The van der Waals surface area contributed by atoms with Crippen molar-refractivity contribution in [1.29, 1.82) is 0 Å². The maximum absolute atomic E-state index is 5.55. The molecule has 0 radical (unpaired) electrons. The monoisotopic (exact) mass is 194 g/mol. The summed E-state index contributed by atoms with van der Waals surface area (Å²) in [5.41, 5.74) is 5.55. The van der Waals surface area contributed by atoms with Crippen LogP contribution in [0.4, 0.5) is 11.6 Å². The Hall–Kier alpha value is -1.32. The number of hydrogen-bond acceptors (Lipinski definition) is 4. The molecule has 14 heavy (non-hydrogen) atoms. The molecule has 1 aromatic rings. The van der Waals surface area contributed by atoms with E-state index in [2.05, 4.69) is 21.8 Å². The van der Waals surface area contributed by atoms with Crippen LogP contribution in [0.3, 0.4) is 0 Å². The fourth-order valence-electron chi connectivity index (χ4n) is 1.27. The lowest BCUT2D eigenvalue weighted by atomic mass is 10.2. The summed E-state index contributed by atoms with van der Waals surface area (Å²) in [6.07, 6.45) is 6.96. The molecule has 0 aliphatic rings. The Morgan fingerprint density at radius 2 is 2.14 bits per heavy atom. The minimum atomic E-state index is 0.477. The molecule has 0 spiro atoms. The van der Waals surface area contributed by atoms with Crippen molar-refractivity contribution in [2.75, 3.05) is 24.2 Å². The van der Waals surface area contributed by atoms with Crippen molar-refractivity contribution in [2.45, 2.75) is 26.2 Å². The van der Waals surface area contributed by atoms with E-state index in [1.807, 2.05) is 7.05 Å². The Bertz CT molecular complexity index is 275. The maximum atomic E-state index is 5.55. The van der Waals surface area contributed by atoms with Crippen LogP contribution < -0.4 is 10.6 Å². The van der Waals surface area contributed by atoms with E-state index in [9.17, 15) is 0 Å². The highest BCUT2D eigenvalue weighted by Gasteiger charge is 2.01. The van der Waals surface area contributed by atoms with Gasteiger partial charge in [0.25, 0.3) is 0 Å². The largest absolute Gasteiger partial charge is 0.382 e. The third kappa shape index (κ3) is 3.20. The van der Waals surface area contributed by atoms with Crippen molar-refractivity contribution >= 4 is 11.6 Å². The summed E-state index contributed by atoms with van der Waals surface area (Å²) in [6.45, 7) is 3.20. The van der Waals surface area contributed by atoms with E-state index in [0.29, 0.717) is 5.82 Å². The number of nitrogens with two attached hydrogens (primary N) is 1. The first kappa shape index (κ1) is 10.8. The minimum Gasteiger partial charge on any atom is -0.382 e. The SMILES string of the molecule is CCCCCN(C)c1cncc(N)n1. The summed E-state index contributed by atoms with van der Waals surface area (Å²) >= 11 is 0. The van der Waals surface area contributed by atoms with Crippen molar-refractivity contribution in [1.82, 2.24) is 9.97 Å². The highest BCUT2D eigenvalue weighted by atomic mass is 15.2. The molecule has 0 aliphatic heterocycles. The summed E-state index contributed by atoms with van der Waals surface area (Å²) < 4.78 is 0. The Balaban J connectivity index is 2.47. The van der Waals surface area contributed by atoms with Gasteiger partial charge >= 0.3 is 0 Å². The van der Waals surface area contributed by atoms with E-state index >= 15 is 0 Å². The lowest BCUT2D eigenvalue weighted by Crippen LogP contribution is -2.20. The molecule has 0 atom stereocenters. The fraction of sp³-hybridized carbons (Fsp3) is 0.600. The lowest BCUT2D eigenvalue weighted by molar-refractivity contribution is 0.701. The molecule has 78 valence electrons. The predicted octanol–water partition coefficient (Wildman–Crippen LogP) is 1.69. The fourth-order valence-corrected chi connectivity index (χ4v) is 1.27. The number of nitrogen functional groups attached to an aromatic ring is 1. The lowest BCUT2D eigenvalue weighted by Gasteiger charge is -2.17. The van der Waals surface area contributed by atoms with Crippen molar-refractivity contribution in [3.8, 4) is 0 Å². The highest BCUT2D eigenvalue weighted by Crippen LogP contribution is 2.09. The summed E-state index contributed by atoms with van der Waals surface area (Å²) in [4.78, 5) is 10.3. The Labute approximate surface area is 85.2 Å². The minimum absolute atomic E-state index is 0.477. The van der Waals surface area contributed by atoms with Gasteiger partial charge in [-0.2, -0.15) is 0 Å². The predicted molar refractivity (Wildman–Crippen MR) is 59.2 cm³/mol. The molecule has 0 aliphatic carbocycles. The van der Waals surface area contributed by atoms with Gasteiger partial charge < -0.3 is 10.6 Å². The van der Waals surface area contributed by atoms with Gasteiger partial charge in [0.05, 0.1) is 12.4 Å². The van der Waals surface area contributed by atoms with Crippen molar-refractivity contribution in [3.05, 3.63) is 12.4 Å². The van der Waals surface area contributed by atoms with Gasteiger partial charge in [0.2, 0.25) is 0 Å². The van der Waals surface area contributed by atoms with Gasteiger partial charge in [0, 0.05) is 13.6 Å². The van der Waals surface area contributed by atoms with Gasteiger partial charge in [0.15, 0.2) is 0 Å². The summed E-state index contributed by atoms with van der Waals surface area (Å²) in [6, 6.07) is 0. The second-order valence-corrected chi connectivity index (χ2v) is 3.43. The Morgan fingerprint density at radius 1 is 1.36 bits per heavy atom. The summed E-state index contributed by atoms with van der Waals surface area (Å²) in [5, 5.41) is 0. The number of anilines is 2.